The van der Waals surface area contributed by atoms with Gasteiger partial charge in [0.25, 0.3) is 0 Å². The maximum atomic E-state index is 14.0. The number of piperazine rings is 1. The van der Waals surface area contributed by atoms with Crippen LogP contribution in [0.3, 0.4) is 0 Å². The number of benzene rings is 1. The number of carbonyl (C=O) groups is 2. The van der Waals surface area contributed by atoms with Crippen LogP contribution in [0, 0.1) is 16.5 Å². The number of amides is 2. The Morgan fingerprint density at radius 1 is 1.24 bits per heavy atom. The van der Waals surface area contributed by atoms with E-state index in [-0.39, 0.29) is 24.2 Å². The molecule has 1 aromatic rings. The second-order valence-electron chi connectivity index (χ2n) is 12.1. The Balaban J connectivity index is 1.47. The highest BCUT2D eigenvalue weighted by atomic mass is 16.5. The summed E-state index contributed by atoms with van der Waals surface area (Å²) in [5.74, 6) is 0.0652. The van der Waals surface area contributed by atoms with Crippen molar-refractivity contribution in [2.75, 3.05) is 6.54 Å². The standard InChI is InChI=1S/C26H29N3O5/c1-22(2)10-8-14-16(34-22)7-6-15-18(14)29(33)19-23(3,4)17-12-24-9-5-11-28(24)21(31)25(17,27-20(24)30)13-26(15,19)32/h6-8,10,17,32H,5,9,11-13H2,1-4H3,(H,27,30)/t17-,24?,25?,26+/m1/s1. The molecule has 2 amide bonds. The van der Waals surface area contributed by atoms with E-state index in [1.54, 1.807) is 17.0 Å². The second kappa shape index (κ2) is 5.51. The van der Waals surface area contributed by atoms with Gasteiger partial charge in [0.05, 0.1) is 16.5 Å². The fourth-order valence-electron chi connectivity index (χ4n) is 8.13. The molecule has 8 heteroatoms. The number of rotatable bonds is 0. The predicted molar refractivity (Wildman–Crippen MR) is 123 cm³/mol. The van der Waals surface area contributed by atoms with Crippen molar-refractivity contribution in [2.24, 2.45) is 11.3 Å². The van der Waals surface area contributed by atoms with Crippen molar-refractivity contribution in [3.05, 3.63) is 34.5 Å². The van der Waals surface area contributed by atoms with Crippen LogP contribution in [0.25, 0.3) is 6.08 Å². The van der Waals surface area contributed by atoms with Crippen LogP contribution >= 0.6 is 0 Å². The van der Waals surface area contributed by atoms with Crippen LogP contribution in [0.2, 0.25) is 0 Å². The number of nitrogens with zero attached hydrogens (tertiary/aromatic N) is 2. The first-order valence-electron chi connectivity index (χ1n) is 12.2. The van der Waals surface area contributed by atoms with E-state index in [1.807, 2.05) is 39.8 Å². The predicted octanol–water partition coefficient (Wildman–Crippen LogP) is 2.33. The first-order valence-corrected chi connectivity index (χ1v) is 12.2. The number of piperidine rings is 2. The highest BCUT2D eigenvalue weighted by Crippen LogP contribution is 2.64. The topological polar surface area (TPSA) is 105 Å². The lowest BCUT2D eigenvalue weighted by atomic mass is 9.47. The van der Waals surface area contributed by atoms with E-state index in [9.17, 15) is 19.9 Å². The van der Waals surface area contributed by atoms with Crippen LogP contribution in [-0.2, 0) is 15.2 Å². The van der Waals surface area contributed by atoms with Crippen molar-refractivity contribution in [3.63, 3.8) is 0 Å². The Labute approximate surface area is 197 Å². The number of hydrogen-bond donors (Lipinski definition) is 2. The minimum atomic E-state index is -1.67. The van der Waals surface area contributed by atoms with Gasteiger partial charge in [-0.1, -0.05) is 0 Å². The van der Waals surface area contributed by atoms with Crippen LogP contribution < -0.4 is 10.1 Å². The zero-order chi connectivity index (χ0) is 24.1. The fraction of sp³-hybridized carbons (Fsp3) is 0.577. The zero-order valence-corrected chi connectivity index (χ0v) is 19.9. The quantitative estimate of drug-likeness (QED) is 0.454. The third-order valence-electron chi connectivity index (χ3n) is 9.47. The number of hydrogen-bond acceptors (Lipinski definition) is 5. The third-order valence-corrected chi connectivity index (χ3v) is 9.47. The first-order chi connectivity index (χ1) is 15.9. The SMILES string of the molecule is CC1(C)C=Cc2c(ccc3c2[N+]([O-])=C2C(C)(C)[C@H]4CC56CCCN5C(=O)C4(C[C@@]23O)NC6=O)O1. The van der Waals surface area contributed by atoms with Gasteiger partial charge in [-0.25, -0.2) is 0 Å². The summed E-state index contributed by atoms with van der Waals surface area (Å²) in [5.41, 5.74) is -3.25. The molecule has 7 aliphatic rings. The van der Waals surface area contributed by atoms with Gasteiger partial charge in [0.15, 0.2) is 5.60 Å². The average Bonchev–Trinajstić information content (AvgIpc) is 3.27. The molecule has 5 fully saturated rings. The second-order valence-corrected chi connectivity index (χ2v) is 12.1. The van der Waals surface area contributed by atoms with E-state index in [0.717, 1.165) is 11.2 Å². The molecule has 0 aromatic heterocycles. The average molecular weight is 464 g/mol. The molecular formula is C26H29N3O5. The lowest BCUT2D eigenvalue weighted by Gasteiger charge is -2.65. The largest absolute Gasteiger partial charge is 0.618 e. The van der Waals surface area contributed by atoms with Gasteiger partial charge in [-0.15, -0.1) is 0 Å². The van der Waals surface area contributed by atoms with E-state index < -0.39 is 27.7 Å². The number of aliphatic hydroxyl groups is 1. The van der Waals surface area contributed by atoms with Gasteiger partial charge >= 0.3 is 0 Å². The van der Waals surface area contributed by atoms with Gasteiger partial charge in [-0.2, -0.15) is 4.74 Å². The van der Waals surface area contributed by atoms with Crippen LogP contribution in [0.15, 0.2) is 18.2 Å². The van der Waals surface area contributed by atoms with Crippen LogP contribution in [-0.4, -0.2) is 55.5 Å². The summed E-state index contributed by atoms with van der Waals surface area (Å²) < 4.78 is 6.97. The molecule has 1 aromatic carbocycles. The number of fused-ring (bicyclic) bond motifs is 6. The van der Waals surface area contributed by atoms with Gasteiger partial charge in [0.1, 0.15) is 22.4 Å². The monoisotopic (exact) mass is 463 g/mol. The molecule has 2 N–H and O–H groups in total. The molecule has 2 bridgehead atoms. The maximum Gasteiger partial charge on any atom is 0.249 e. The molecule has 6 heterocycles. The number of ether oxygens (including phenoxy) is 1. The highest BCUT2D eigenvalue weighted by molar-refractivity contribution is 6.09. The third kappa shape index (κ3) is 1.97. The summed E-state index contributed by atoms with van der Waals surface area (Å²) in [4.78, 5) is 29.0. The molecule has 1 aliphatic carbocycles. The molecule has 8 nitrogen and oxygen atoms in total. The Morgan fingerprint density at radius 2 is 2.00 bits per heavy atom. The molecule has 178 valence electrons. The molecule has 2 unspecified atom stereocenters. The normalized spacial score (nSPS) is 39.7. The Morgan fingerprint density at radius 3 is 2.76 bits per heavy atom. The molecule has 8 rings (SSSR count). The zero-order valence-electron chi connectivity index (χ0n) is 19.9. The van der Waals surface area contributed by atoms with Gasteiger partial charge in [0.2, 0.25) is 23.2 Å². The smallest absolute Gasteiger partial charge is 0.249 e. The molecular weight excluding hydrogens is 434 g/mol. The summed E-state index contributed by atoms with van der Waals surface area (Å²) in [6, 6.07) is 3.53. The van der Waals surface area contributed by atoms with Gasteiger partial charge < -0.3 is 25.3 Å². The van der Waals surface area contributed by atoms with E-state index >= 15 is 0 Å². The van der Waals surface area contributed by atoms with Crippen LogP contribution in [0.5, 0.6) is 5.75 Å². The summed E-state index contributed by atoms with van der Waals surface area (Å²) in [6.45, 7) is 8.33. The van der Waals surface area contributed by atoms with Crippen molar-refractivity contribution in [3.8, 4) is 5.75 Å². The molecule has 4 atom stereocenters. The van der Waals surface area contributed by atoms with Crippen molar-refractivity contribution in [1.29, 1.82) is 0 Å². The van der Waals surface area contributed by atoms with E-state index in [4.69, 9.17) is 4.74 Å². The van der Waals surface area contributed by atoms with Gasteiger partial charge in [0, 0.05) is 18.9 Å². The molecule has 34 heavy (non-hydrogen) atoms. The highest BCUT2D eigenvalue weighted by Gasteiger charge is 2.79. The molecule has 6 aliphatic heterocycles. The lowest BCUT2D eigenvalue weighted by Crippen LogP contribution is -2.86. The minimum absolute atomic E-state index is 0.0405. The summed E-state index contributed by atoms with van der Waals surface area (Å²) in [6.07, 6.45) is 5.68. The number of carbonyl (C=O) groups excluding carboxylic acids is 2. The Hall–Kier alpha value is -2.87. The van der Waals surface area contributed by atoms with Crippen molar-refractivity contribution in [2.45, 2.75) is 75.7 Å². The minimum Gasteiger partial charge on any atom is -0.618 e. The van der Waals surface area contributed by atoms with E-state index in [0.29, 0.717) is 47.7 Å². The number of nitrogens with one attached hydrogen (secondary N) is 1. The van der Waals surface area contributed by atoms with Gasteiger partial charge in [-0.3, -0.25) is 9.59 Å². The summed E-state index contributed by atoms with van der Waals surface area (Å²) in [7, 11) is 0. The first kappa shape index (κ1) is 20.5. The molecule has 4 saturated heterocycles. The van der Waals surface area contributed by atoms with E-state index in [2.05, 4.69) is 5.32 Å². The molecule has 2 spiro atoms. The van der Waals surface area contributed by atoms with Gasteiger partial charge in [-0.05, 0) is 71.2 Å². The molecule has 1 saturated carbocycles. The van der Waals surface area contributed by atoms with Crippen molar-refractivity contribution >= 4 is 29.3 Å². The lowest BCUT2D eigenvalue weighted by molar-refractivity contribution is -0.368. The van der Waals surface area contributed by atoms with Crippen molar-refractivity contribution < 1.29 is 24.2 Å². The van der Waals surface area contributed by atoms with Crippen molar-refractivity contribution in [1.82, 2.24) is 10.2 Å². The molecule has 0 radical (unpaired) electrons. The van der Waals surface area contributed by atoms with Crippen LogP contribution in [0.1, 0.15) is 64.5 Å². The Bertz CT molecular complexity index is 1300. The maximum absolute atomic E-state index is 14.0. The van der Waals surface area contributed by atoms with Crippen LogP contribution in [0.4, 0.5) is 5.69 Å². The summed E-state index contributed by atoms with van der Waals surface area (Å²) >= 11 is 0. The van der Waals surface area contributed by atoms with E-state index in [1.165, 1.54) is 0 Å². The Kier molecular flexibility index (Phi) is 3.32. The fourth-order valence-corrected chi connectivity index (χ4v) is 8.13. The summed E-state index contributed by atoms with van der Waals surface area (Å²) in [5, 5.41) is 29.4.